The van der Waals surface area contributed by atoms with Crippen molar-refractivity contribution in [1.82, 2.24) is 16.0 Å². The Morgan fingerprint density at radius 1 is 0.320 bits per heavy atom. The van der Waals surface area contributed by atoms with E-state index in [0.29, 0.717) is 12.8 Å². The SMILES string of the molecule is CCCCCCCCCCCCC/C=C/[C@@H](O)[C@H](CO[C@@H]1OC(CO)[C@@H](O[C@@H]2OC(CO)[C@H](O)[C@H](O[C@@H]3OC(CO)[C@@H](O[C@@H]4OC(CO)[C@H](O)[C@H](O[C@@H]5OC(CO)[C@@H](O[C@@H]6OC(CO)[C@H](O)[C@H](O)C6O)[C@H](O)C5NC(C)=O)C4O)[C@H](O[C@H]4OC(C)[C@@H](O)C(O)[C@@H]4O)C3NC(C)=O)C2O)[C@H](O)C1O)NC(=O)CCCCCCCCCCCCCCCCCCCCCCC. The van der Waals surface area contributed by atoms with Crippen molar-refractivity contribution in [2.75, 3.05) is 46.2 Å². The molecule has 0 spiro atoms. The molecule has 748 valence electrons. The van der Waals surface area contributed by atoms with Crippen LogP contribution < -0.4 is 16.0 Å². The van der Waals surface area contributed by atoms with E-state index in [-0.39, 0.29) is 12.3 Å². The highest BCUT2D eigenvalue weighted by molar-refractivity contribution is 5.76. The predicted octanol–water partition coefficient (Wildman–Crippen LogP) is -1.23. The molecule has 3 amide bonds. The van der Waals surface area contributed by atoms with Crippen LogP contribution in [0.3, 0.4) is 0 Å². The molecule has 23 N–H and O–H groups in total. The number of aliphatic hydroxyl groups is 20. The van der Waals surface area contributed by atoms with Crippen LogP contribution in [0.15, 0.2) is 12.2 Å². The molecule has 7 fully saturated rings. The minimum atomic E-state index is -2.36. The normalized spacial score (nSPS) is 37.7. The molecule has 40 nitrogen and oxygen atoms in total. The number of aliphatic hydroxyl groups excluding tert-OH is 20. The molecule has 0 aromatic rings. The molecule has 0 aromatic heterocycles. The molecule has 7 heterocycles. The summed E-state index contributed by atoms with van der Waals surface area (Å²) in [6, 6.07) is -4.88. The van der Waals surface area contributed by atoms with Crippen LogP contribution in [-0.4, -0.2) is 393 Å². The Kier molecular flexibility index (Phi) is 52.2. The van der Waals surface area contributed by atoms with Gasteiger partial charge in [0, 0.05) is 20.3 Å². The fourth-order valence-electron chi connectivity index (χ4n) is 17.6. The number of hydrogen-bond acceptors (Lipinski definition) is 37. The van der Waals surface area contributed by atoms with E-state index in [0.717, 1.165) is 65.2 Å². The second kappa shape index (κ2) is 59.7. The van der Waals surface area contributed by atoms with Crippen molar-refractivity contribution in [3.05, 3.63) is 12.2 Å². The fraction of sp³-hybridized carbons (Fsp3) is 0.943. The van der Waals surface area contributed by atoms with E-state index < -0.39 is 285 Å². The lowest BCUT2D eigenvalue weighted by Gasteiger charge is -2.52. The molecular formula is C88H159N3O37. The number of unbranched alkanes of at least 4 members (excludes halogenated alkanes) is 31. The van der Waals surface area contributed by atoms with E-state index in [2.05, 4.69) is 29.8 Å². The maximum absolute atomic E-state index is 13.7. The standard InChI is InChI=1S/C88H159N3O37/c1-6-8-10-12-14-16-18-20-21-22-23-24-25-26-27-29-31-33-35-37-39-41-60(101)91-52(53(100)40-38-36-34-32-30-28-19-17-15-13-11-9-7-2)48-115-84-73(112)70(109)77(58(46-96)122-84)124-87-74(113)81(66(105)55(43-93)118-87)128-83-62(90-51(5)99)79(126-85-71(110)68(107)63(102)49(3)116-85)78(59(47-97)121-83)125-88-75(114)80(65(104)56(44-94)119-88)127-82-61(89-50(4)98)67(106)76(57(45-95)120-82)123-86-72(111)69(108)64(103)54(42-92)117-86/h38,40,49,52-59,61-88,92-97,100,102-114H,6-37,39,41-48H2,1-5H3,(H,89,98)(H,90,99)(H,91,101)/b40-38+/t49?,52-,53+,54?,55?,56?,57?,58?,59?,61?,62?,63+,64-,65-,66-,67+,68?,69-,70+,71-,72?,73?,74?,75?,76+,77+,78+,79+,80-,81-,82-,83-,84+,85+,86-,87-,88-/m0/s1. The zero-order valence-electron chi connectivity index (χ0n) is 75.4. The van der Waals surface area contributed by atoms with Crippen LogP contribution in [0.4, 0.5) is 0 Å². The van der Waals surface area contributed by atoms with Gasteiger partial charge in [-0.2, -0.15) is 0 Å². The van der Waals surface area contributed by atoms with Gasteiger partial charge in [-0.3, -0.25) is 14.4 Å². The molecule has 37 atom stereocenters. The third-order valence-electron chi connectivity index (χ3n) is 25.3. The molecule has 7 aliphatic heterocycles. The van der Waals surface area contributed by atoms with Gasteiger partial charge in [0.05, 0.1) is 64.5 Å². The predicted molar refractivity (Wildman–Crippen MR) is 453 cm³/mol. The Labute approximate surface area is 751 Å². The van der Waals surface area contributed by atoms with Gasteiger partial charge in [-0.25, -0.2) is 0 Å². The summed E-state index contributed by atoms with van der Waals surface area (Å²) >= 11 is 0. The van der Waals surface area contributed by atoms with E-state index in [1.54, 1.807) is 6.08 Å². The summed E-state index contributed by atoms with van der Waals surface area (Å²) in [7, 11) is 0. The van der Waals surface area contributed by atoms with Gasteiger partial charge in [0.1, 0.15) is 165 Å². The Bertz CT molecular complexity index is 3020. The molecule has 0 saturated carbocycles. The Morgan fingerprint density at radius 3 is 1.07 bits per heavy atom. The van der Waals surface area contributed by atoms with Crippen molar-refractivity contribution in [3.63, 3.8) is 0 Å². The first kappa shape index (κ1) is 112. The van der Waals surface area contributed by atoms with E-state index in [4.69, 9.17) is 66.3 Å². The molecule has 0 radical (unpaired) electrons. The van der Waals surface area contributed by atoms with Crippen LogP contribution >= 0.6 is 0 Å². The number of carbonyl (C=O) groups excluding carboxylic acids is 3. The molecule has 0 aromatic carbocycles. The summed E-state index contributed by atoms with van der Waals surface area (Å²) in [5.74, 6) is -2.17. The maximum atomic E-state index is 13.7. The van der Waals surface area contributed by atoms with Crippen molar-refractivity contribution in [3.8, 4) is 0 Å². The summed E-state index contributed by atoms with van der Waals surface area (Å²) in [6.07, 6.45) is -23.9. The molecular weight excluding hydrogens is 1690 g/mol. The monoisotopic (exact) mass is 1850 g/mol. The van der Waals surface area contributed by atoms with Gasteiger partial charge < -0.3 is 184 Å². The first-order valence-electron chi connectivity index (χ1n) is 47.3. The third kappa shape index (κ3) is 33.9. The van der Waals surface area contributed by atoms with Crippen LogP contribution in [0.25, 0.3) is 0 Å². The lowest BCUT2D eigenvalue weighted by Crippen LogP contribution is -2.72. The zero-order chi connectivity index (χ0) is 93.5. The summed E-state index contributed by atoms with van der Waals surface area (Å²) in [5, 5.41) is 233. The molecule has 40 heteroatoms. The number of carbonyl (C=O) groups is 3. The van der Waals surface area contributed by atoms with Crippen LogP contribution in [0.5, 0.6) is 0 Å². The molecule has 128 heavy (non-hydrogen) atoms. The Morgan fingerprint density at radius 2 is 0.641 bits per heavy atom. The lowest BCUT2D eigenvalue weighted by atomic mass is 9.93. The highest BCUT2D eigenvalue weighted by atomic mass is 16.8. The minimum absolute atomic E-state index is 0.154. The van der Waals surface area contributed by atoms with Crippen molar-refractivity contribution >= 4 is 17.7 Å². The van der Waals surface area contributed by atoms with E-state index in [1.807, 2.05) is 6.08 Å². The Balaban J connectivity index is 1.03. The maximum Gasteiger partial charge on any atom is 0.220 e. The molecule has 0 bridgehead atoms. The van der Waals surface area contributed by atoms with Gasteiger partial charge in [-0.15, -0.1) is 0 Å². The lowest BCUT2D eigenvalue weighted by molar-refractivity contribution is -0.397. The Hall–Kier alpha value is -3.21. The van der Waals surface area contributed by atoms with Gasteiger partial charge in [-0.1, -0.05) is 219 Å². The van der Waals surface area contributed by atoms with Gasteiger partial charge in [-0.05, 0) is 26.2 Å². The largest absolute Gasteiger partial charge is 0.394 e. The second-order valence-electron chi connectivity index (χ2n) is 35.6. The van der Waals surface area contributed by atoms with Crippen molar-refractivity contribution < 1.29 is 183 Å². The molecule has 14 unspecified atom stereocenters. The van der Waals surface area contributed by atoms with Gasteiger partial charge in [0.25, 0.3) is 0 Å². The van der Waals surface area contributed by atoms with E-state index in [9.17, 15) is 117 Å². The average Bonchev–Trinajstić information content (AvgIpc) is 0.761. The number of nitrogens with one attached hydrogen (secondary N) is 3. The molecule has 7 saturated heterocycles. The van der Waals surface area contributed by atoms with Crippen molar-refractivity contribution in [2.24, 2.45) is 0 Å². The second-order valence-corrected chi connectivity index (χ2v) is 35.6. The van der Waals surface area contributed by atoms with Crippen LogP contribution in [0.1, 0.15) is 253 Å². The van der Waals surface area contributed by atoms with Crippen molar-refractivity contribution in [2.45, 2.75) is 480 Å². The average molecular weight is 1850 g/mol. The summed E-state index contributed by atoms with van der Waals surface area (Å²) < 4.78 is 84.5. The van der Waals surface area contributed by atoms with Crippen LogP contribution in [0.2, 0.25) is 0 Å². The summed E-state index contributed by atoms with van der Waals surface area (Å²) in [6.45, 7) is 0.953. The van der Waals surface area contributed by atoms with Crippen LogP contribution in [0, 0.1) is 0 Å². The third-order valence-corrected chi connectivity index (χ3v) is 25.3. The molecule has 7 aliphatic rings. The first-order valence-corrected chi connectivity index (χ1v) is 47.3. The quantitative estimate of drug-likeness (QED) is 0.0250. The van der Waals surface area contributed by atoms with E-state index in [1.165, 1.54) is 155 Å². The minimum Gasteiger partial charge on any atom is -0.394 e. The van der Waals surface area contributed by atoms with Gasteiger partial charge in [0.2, 0.25) is 17.7 Å². The number of rotatable bonds is 60. The highest BCUT2D eigenvalue weighted by Crippen LogP contribution is 2.40. The van der Waals surface area contributed by atoms with E-state index >= 15 is 0 Å². The number of ether oxygens (including phenoxy) is 14. The fourth-order valence-corrected chi connectivity index (χ4v) is 17.6. The molecule has 0 aliphatic carbocycles. The number of amides is 3. The summed E-state index contributed by atoms with van der Waals surface area (Å²) in [5.41, 5.74) is 0. The van der Waals surface area contributed by atoms with Crippen molar-refractivity contribution in [1.29, 1.82) is 0 Å². The number of hydrogen-bond donors (Lipinski definition) is 23. The summed E-state index contributed by atoms with van der Waals surface area (Å²) in [4.78, 5) is 40.1. The number of allylic oxidation sites excluding steroid dienone is 1. The van der Waals surface area contributed by atoms with Gasteiger partial charge in [0.15, 0.2) is 44.0 Å². The van der Waals surface area contributed by atoms with Gasteiger partial charge >= 0.3 is 0 Å². The zero-order valence-corrected chi connectivity index (χ0v) is 75.4. The molecule has 7 rings (SSSR count). The topological polar surface area (TPSA) is 621 Å². The smallest absolute Gasteiger partial charge is 0.220 e. The highest BCUT2D eigenvalue weighted by Gasteiger charge is 2.60. The first-order chi connectivity index (χ1) is 61.5. The van der Waals surface area contributed by atoms with Crippen LogP contribution in [-0.2, 0) is 80.7 Å².